The van der Waals surface area contributed by atoms with Crippen molar-refractivity contribution in [2.75, 3.05) is 18.6 Å². The van der Waals surface area contributed by atoms with E-state index >= 15 is 0 Å². The van der Waals surface area contributed by atoms with Gasteiger partial charge in [0, 0.05) is 12.8 Å². The average molecular weight is 248 g/mol. The van der Waals surface area contributed by atoms with E-state index in [0.29, 0.717) is 6.54 Å². The van der Waals surface area contributed by atoms with Crippen molar-refractivity contribution in [3.8, 4) is 0 Å². The van der Waals surface area contributed by atoms with Crippen LogP contribution in [0.2, 0.25) is 0 Å². The van der Waals surface area contributed by atoms with Crippen molar-refractivity contribution >= 4 is 15.7 Å². The SMILES string of the molecule is C/C=C/CCNC(=O)C(N)CCS(C)(=O)=O. The van der Waals surface area contributed by atoms with Gasteiger partial charge in [0.25, 0.3) is 0 Å². The molecule has 6 heteroatoms. The minimum atomic E-state index is -3.05. The summed E-state index contributed by atoms with van der Waals surface area (Å²) >= 11 is 0. The third-order valence-corrected chi connectivity index (χ3v) is 2.96. The number of amides is 1. The second-order valence-corrected chi connectivity index (χ2v) is 5.93. The van der Waals surface area contributed by atoms with Crippen LogP contribution in [0.4, 0.5) is 0 Å². The van der Waals surface area contributed by atoms with E-state index in [1.54, 1.807) is 0 Å². The molecule has 5 nitrogen and oxygen atoms in total. The third-order valence-electron chi connectivity index (χ3n) is 1.98. The van der Waals surface area contributed by atoms with Gasteiger partial charge in [-0.25, -0.2) is 8.42 Å². The van der Waals surface area contributed by atoms with Crippen molar-refractivity contribution in [2.45, 2.75) is 25.8 Å². The van der Waals surface area contributed by atoms with Gasteiger partial charge in [-0.1, -0.05) is 12.2 Å². The highest BCUT2D eigenvalue weighted by Crippen LogP contribution is 1.94. The van der Waals surface area contributed by atoms with E-state index in [9.17, 15) is 13.2 Å². The molecule has 16 heavy (non-hydrogen) atoms. The molecule has 0 spiro atoms. The minimum absolute atomic E-state index is 0.0591. The number of carbonyl (C=O) groups is 1. The van der Waals surface area contributed by atoms with Crippen molar-refractivity contribution in [3.63, 3.8) is 0 Å². The van der Waals surface area contributed by atoms with Crippen LogP contribution in [0, 0.1) is 0 Å². The van der Waals surface area contributed by atoms with Crippen molar-refractivity contribution in [2.24, 2.45) is 5.73 Å². The molecule has 0 heterocycles. The Kier molecular flexibility index (Phi) is 7.00. The number of allylic oxidation sites excluding steroid dienone is 1. The Morgan fingerprint density at radius 2 is 2.12 bits per heavy atom. The Morgan fingerprint density at radius 1 is 1.50 bits per heavy atom. The molecular formula is C10H20N2O3S. The molecule has 0 fully saturated rings. The number of hydrogen-bond acceptors (Lipinski definition) is 4. The first-order valence-electron chi connectivity index (χ1n) is 5.19. The quantitative estimate of drug-likeness (QED) is 0.483. The van der Waals surface area contributed by atoms with Gasteiger partial charge >= 0.3 is 0 Å². The lowest BCUT2D eigenvalue weighted by Gasteiger charge is -2.10. The summed E-state index contributed by atoms with van der Waals surface area (Å²) in [5.74, 6) is -0.357. The molecule has 0 aromatic carbocycles. The first-order valence-corrected chi connectivity index (χ1v) is 7.25. The van der Waals surface area contributed by atoms with Gasteiger partial charge in [-0.2, -0.15) is 0 Å². The van der Waals surface area contributed by atoms with Crippen LogP contribution in [-0.2, 0) is 14.6 Å². The summed E-state index contributed by atoms with van der Waals surface area (Å²) in [4.78, 5) is 11.4. The first kappa shape index (κ1) is 15.1. The van der Waals surface area contributed by atoms with Gasteiger partial charge in [0.2, 0.25) is 5.91 Å². The summed E-state index contributed by atoms with van der Waals surface area (Å²) < 4.78 is 21.7. The van der Waals surface area contributed by atoms with Gasteiger partial charge in [-0.15, -0.1) is 0 Å². The lowest BCUT2D eigenvalue weighted by atomic mass is 10.2. The molecule has 1 atom stereocenters. The van der Waals surface area contributed by atoms with Crippen molar-refractivity contribution in [1.82, 2.24) is 5.32 Å². The Balaban J connectivity index is 3.82. The zero-order valence-electron chi connectivity index (χ0n) is 9.77. The van der Waals surface area contributed by atoms with E-state index in [4.69, 9.17) is 5.73 Å². The minimum Gasteiger partial charge on any atom is -0.354 e. The Morgan fingerprint density at radius 3 is 2.62 bits per heavy atom. The van der Waals surface area contributed by atoms with Crippen LogP contribution in [0.15, 0.2) is 12.2 Å². The smallest absolute Gasteiger partial charge is 0.236 e. The summed E-state index contributed by atoms with van der Waals surface area (Å²) in [5, 5.41) is 2.64. The zero-order valence-corrected chi connectivity index (χ0v) is 10.6. The predicted octanol–water partition coefficient (Wildman–Crippen LogP) is -0.169. The third kappa shape index (κ3) is 8.43. The number of rotatable bonds is 7. The fourth-order valence-electron chi connectivity index (χ4n) is 1.05. The van der Waals surface area contributed by atoms with E-state index in [1.807, 2.05) is 19.1 Å². The van der Waals surface area contributed by atoms with E-state index < -0.39 is 15.9 Å². The molecule has 0 saturated carbocycles. The Labute approximate surface area is 97.0 Å². The molecule has 0 aliphatic rings. The average Bonchev–Trinajstić information content (AvgIpc) is 2.19. The van der Waals surface area contributed by atoms with Crippen LogP contribution in [0.1, 0.15) is 19.8 Å². The van der Waals surface area contributed by atoms with E-state index in [-0.39, 0.29) is 18.1 Å². The monoisotopic (exact) mass is 248 g/mol. The molecule has 0 saturated heterocycles. The molecule has 3 N–H and O–H groups in total. The highest BCUT2D eigenvalue weighted by atomic mass is 32.2. The summed E-state index contributed by atoms with van der Waals surface area (Å²) in [5.41, 5.74) is 5.54. The number of nitrogens with two attached hydrogens (primary N) is 1. The summed E-state index contributed by atoms with van der Waals surface area (Å²) in [6, 6.07) is -0.750. The van der Waals surface area contributed by atoms with Crippen LogP contribution in [0.3, 0.4) is 0 Å². The number of hydrogen-bond donors (Lipinski definition) is 2. The fraction of sp³-hybridized carbons (Fsp3) is 0.700. The molecular weight excluding hydrogens is 228 g/mol. The molecule has 0 aromatic heterocycles. The van der Waals surface area contributed by atoms with Gasteiger partial charge < -0.3 is 11.1 Å². The lowest BCUT2D eigenvalue weighted by Crippen LogP contribution is -2.41. The van der Waals surface area contributed by atoms with Gasteiger partial charge in [0.1, 0.15) is 9.84 Å². The lowest BCUT2D eigenvalue weighted by molar-refractivity contribution is -0.122. The Hall–Kier alpha value is -0.880. The van der Waals surface area contributed by atoms with Gasteiger partial charge in [-0.3, -0.25) is 4.79 Å². The molecule has 0 aliphatic carbocycles. The predicted molar refractivity (Wildman–Crippen MR) is 64.7 cm³/mol. The highest BCUT2D eigenvalue weighted by Gasteiger charge is 2.14. The zero-order chi connectivity index (χ0) is 12.6. The summed E-state index contributed by atoms with van der Waals surface area (Å²) in [6.07, 6.45) is 5.87. The van der Waals surface area contributed by atoms with Crippen LogP contribution >= 0.6 is 0 Å². The van der Waals surface area contributed by atoms with Crippen molar-refractivity contribution in [3.05, 3.63) is 12.2 Å². The number of nitrogens with one attached hydrogen (secondary N) is 1. The van der Waals surface area contributed by atoms with Crippen LogP contribution in [-0.4, -0.2) is 38.9 Å². The van der Waals surface area contributed by atoms with Gasteiger partial charge in [-0.05, 0) is 19.8 Å². The summed E-state index contributed by atoms with van der Waals surface area (Å²) in [6.45, 7) is 2.43. The Bertz CT molecular complexity index is 336. The molecule has 94 valence electrons. The standard InChI is InChI=1S/C10H20N2O3S/c1-3-4-5-7-12-10(13)9(11)6-8-16(2,14)15/h3-4,9H,5-8,11H2,1-2H3,(H,12,13)/b4-3+. The van der Waals surface area contributed by atoms with E-state index in [0.717, 1.165) is 12.7 Å². The van der Waals surface area contributed by atoms with Crippen LogP contribution < -0.4 is 11.1 Å². The second kappa shape index (κ2) is 7.40. The van der Waals surface area contributed by atoms with E-state index in [1.165, 1.54) is 0 Å². The molecule has 1 amide bonds. The van der Waals surface area contributed by atoms with Crippen LogP contribution in [0.25, 0.3) is 0 Å². The van der Waals surface area contributed by atoms with Crippen molar-refractivity contribution < 1.29 is 13.2 Å². The van der Waals surface area contributed by atoms with Crippen LogP contribution in [0.5, 0.6) is 0 Å². The molecule has 0 bridgehead atoms. The number of sulfone groups is 1. The van der Waals surface area contributed by atoms with E-state index in [2.05, 4.69) is 5.32 Å². The summed E-state index contributed by atoms with van der Waals surface area (Å²) in [7, 11) is -3.05. The molecule has 0 aromatic rings. The van der Waals surface area contributed by atoms with Gasteiger partial charge in [0.05, 0.1) is 11.8 Å². The molecule has 0 aliphatic heterocycles. The normalized spacial score (nSPS) is 13.9. The molecule has 0 rings (SSSR count). The topological polar surface area (TPSA) is 89.3 Å². The van der Waals surface area contributed by atoms with Crippen molar-refractivity contribution in [1.29, 1.82) is 0 Å². The largest absolute Gasteiger partial charge is 0.354 e. The maximum atomic E-state index is 11.4. The fourth-order valence-corrected chi connectivity index (χ4v) is 1.73. The first-order chi connectivity index (χ1) is 7.37. The maximum absolute atomic E-state index is 11.4. The molecule has 0 radical (unpaired) electrons. The number of carbonyl (C=O) groups excluding carboxylic acids is 1. The highest BCUT2D eigenvalue weighted by molar-refractivity contribution is 7.90. The maximum Gasteiger partial charge on any atom is 0.236 e. The molecule has 1 unspecified atom stereocenters. The van der Waals surface area contributed by atoms with Gasteiger partial charge in [0.15, 0.2) is 0 Å². The second-order valence-electron chi connectivity index (χ2n) is 3.67.